The van der Waals surface area contributed by atoms with Crippen molar-refractivity contribution in [1.29, 1.82) is 0 Å². The Labute approximate surface area is 219 Å². The number of fused-ring (bicyclic) bond motifs is 3. The molecule has 196 valence electrons. The molecule has 37 heavy (non-hydrogen) atoms. The molecule has 6 rings (SSSR count). The number of thiazole rings is 1. The largest absolute Gasteiger partial charge is 0.543 e. The topological polar surface area (TPSA) is 193 Å². The van der Waals surface area contributed by atoms with Crippen LogP contribution in [0.2, 0.25) is 0 Å². The Hall–Kier alpha value is -3.43. The van der Waals surface area contributed by atoms with E-state index in [1.807, 2.05) is 6.20 Å². The Bertz CT molecular complexity index is 1280. The Morgan fingerprint density at radius 3 is 2.68 bits per heavy atom. The number of hydrogen-bond acceptors (Lipinski definition) is 11. The number of carbonyl (C=O) groups excluding carboxylic acids is 4. The SMILES string of the molecule is CO/N=C(\C(=O)N[C@@H]1C(=O)N2C(C(=O)[O-])=C(C[N+]34C=C(C(N)=O)C(CC3)CC4)CS[C@H]12)c1csc(N)n1. The number of anilines is 1. The molecule has 3 amide bonds. The summed E-state index contributed by atoms with van der Waals surface area (Å²) in [5.41, 5.74) is 12.2. The molecule has 0 saturated carbocycles. The maximum atomic E-state index is 13.1. The second-order valence-electron chi connectivity index (χ2n) is 9.34. The van der Waals surface area contributed by atoms with Gasteiger partial charge in [-0.1, -0.05) is 5.16 Å². The van der Waals surface area contributed by atoms with Gasteiger partial charge in [-0.2, -0.15) is 0 Å². The molecule has 5 aliphatic heterocycles. The quantitative estimate of drug-likeness (QED) is 0.144. The molecule has 0 spiro atoms. The van der Waals surface area contributed by atoms with Crippen LogP contribution in [0.5, 0.6) is 0 Å². The maximum absolute atomic E-state index is 13.1. The summed E-state index contributed by atoms with van der Waals surface area (Å²) in [6.45, 7) is 1.85. The second-order valence-corrected chi connectivity index (χ2v) is 11.3. The van der Waals surface area contributed by atoms with Gasteiger partial charge in [0.25, 0.3) is 11.8 Å². The number of nitrogens with two attached hydrogens (primary N) is 2. The Morgan fingerprint density at radius 2 is 2.08 bits per heavy atom. The van der Waals surface area contributed by atoms with Gasteiger partial charge < -0.3 is 31.5 Å². The predicted octanol–water partition coefficient (Wildman–Crippen LogP) is -1.91. The van der Waals surface area contributed by atoms with Crippen LogP contribution in [0.15, 0.2) is 33.6 Å². The van der Waals surface area contributed by atoms with Crippen LogP contribution >= 0.6 is 23.1 Å². The van der Waals surface area contributed by atoms with Crippen LogP contribution < -0.4 is 21.9 Å². The van der Waals surface area contributed by atoms with E-state index in [4.69, 9.17) is 16.3 Å². The molecule has 0 aliphatic carbocycles. The van der Waals surface area contributed by atoms with Crippen molar-refractivity contribution < 1.29 is 33.6 Å². The summed E-state index contributed by atoms with van der Waals surface area (Å²) in [6.07, 6.45) is 3.45. The van der Waals surface area contributed by atoms with Crippen LogP contribution in [0.25, 0.3) is 0 Å². The molecule has 15 heteroatoms. The van der Waals surface area contributed by atoms with E-state index >= 15 is 0 Å². The third-order valence-electron chi connectivity index (χ3n) is 7.18. The van der Waals surface area contributed by atoms with Crippen LogP contribution in [0.1, 0.15) is 18.5 Å². The number of thioether (sulfide) groups is 1. The van der Waals surface area contributed by atoms with Gasteiger partial charge in [0, 0.05) is 35.5 Å². The van der Waals surface area contributed by atoms with Gasteiger partial charge >= 0.3 is 0 Å². The molecule has 13 nitrogen and oxygen atoms in total. The third-order valence-corrected chi connectivity index (χ3v) is 9.19. The zero-order valence-corrected chi connectivity index (χ0v) is 21.5. The smallest absolute Gasteiger partial charge is 0.276 e. The average Bonchev–Trinajstić information content (AvgIpc) is 3.31. The molecule has 0 unspecified atom stereocenters. The molecular formula is C22H25N7O6S2. The molecule has 1 aromatic rings. The van der Waals surface area contributed by atoms with Crippen molar-refractivity contribution in [2.45, 2.75) is 24.3 Å². The molecular weight excluding hydrogens is 522 g/mol. The van der Waals surface area contributed by atoms with Crippen molar-refractivity contribution in [3.63, 3.8) is 0 Å². The van der Waals surface area contributed by atoms with Crippen molar-refractivity contribution in [3.05, 3.63) is 34.1 Å². The van der Waals surface area contributed by atoms with E-state index in [2.05, 4.69) is 15.5 Å². The predicted molar refractivity (Wildman–Crippen MR) is 132 cm³/mol. The highest BCUT2D eigenvalue weighted by Gasteiger charge is 2.54. The summed E-state index contributed by atoms with van der Waals surface area (Å²) in [7, 11) is 1.27. The first-order valence-corrected chi connectivity index (χ1v) is 13.5. The number of nitrogen functional groups attached to an aromatic ring is 1. The van der Waals surface area contributed by atoms with Crippen LogP contribution in [-0.4, -0.2) is 87.7 Å². The summed E-state index contributed by atoms with van der Waals surface area (Å²) in [5, 5.41) is 19.7. The summed E-state index contributed by atoms with van der Waals surface area (Å²) < 4.78 is 0.419. The molecule has 2 bridgehead atoms. The minimum absolute atomic E-state index is 0.144. The van der Waals surface area contributed by atoms with E-state index in [-0.39, 0.29) is 28.2 Å². The number of carbonyl (C=O) groups is 4. The van der Waals surface area contributed by atoms with Crippen molar-refractivity contribution >= 4 is 57.6 Å². The molecule has 5 aliphatic rings. The fraction of sp³-hybridized carbons (Fsp3) is 0.455. The number of quaternary nitrogens is 1. The highest BCUT2D eigenvalue weighted by atomic mass is 32.2. The van der Waals surface area contributed by atoms with Crippen molar-refractivity contribution in [2.24, 2.45) is 16.8 Å². The summed E-state index contributed by atoms with van der Waals surface area (Å²) in [4.78, 5) is 60.1. The van der Waals surface area contributed by atoms with E-state index in [1.54, 1.807) is 0 Å². The Morgan fingerprint density at radius 1 is 1.35 bits per heavy atom. The lowest BCUT2D eigenvalue weighted by Gasteiger charge is -2.52. The molecule has 1 aromatic heterocycles. The van der Waals surface area contributed by atoms with Crippen molar-refractivity contribution in [2.75, 3.05) is 38.2 Å². The first kappa shape index (κ1) is 25.2. The summed E-state index contributed by atoms with van der Waals surface area (Å²) in [6, 6.07) is -0.967. The van der Waals surface area contributed by atoms with Crippen LogP contribution in [0, 0.1) is 5.92 Å². The van der Waals surface area contributed by atoms with E-state index in [1.165, 1.54) is 29.2 Å². The fourth-order valence-corrected chi connectivity index (χ4v) is 7.35. The molecule has 0 radical (unpaired) electrons. The van der Waals surface area contributed by atoms with Gasteiger partial charge in [0.05, 0.1) is 30.3 Å². The van der Waals surface area contributed by atoms with Crippen LogP contribution in [0.4, 0.5) is 5.13 Å². The zero-order chi connectivity index (χ0) is 26.5. The second kappa shape index (κ2) is 9.46. The van der Waals surface area contributed by atoms with Gasteiger partial charge in [-0.3, -0.25) is 23.8 Å². The Kier molecular flexibility index (Phi) is 6.45. The van der Waals surface area contributed by atoms with E-state index in [0.717, 1.165) is 37.3 Å². The average molecular weight is 548 g/mol. The number of oxime groups is 1. The molecule has 6 heterocycles. The number of amides is 3. The number of hydrogen-bond donors (Lipinski definition) is 3. The highest BCUT2D eigenvalue weighted by molar-refractivity contribution is 8.00. The van der Waals surface area contributed by atoms with Gasteiger partial charge in [0.1, 0.15) is 37.0 Å². The number of β-lactam (4-membered cyclic amide) rings is 1. The molecule has 0 aromatic carbocycles. The monoisotopic (exact) mass is 547 g/mol. The number of nitrogens with one attached hydrogen (secondary N) is 1. The summed E-state index contributed by atoms with van der Waals surface area (Å²) in [5.74, 6) is -2.70. The lowest BCUT2D eigenvalue weighted by atomic mass is 9.83. The number of primary amides is 1. The van der Waals surface area contributed by atoms with Crippen LogP contribution in [0.3, 0.4) is 0 Å². The number of carboxylic acids is 1. The van der Waals surface area contributed by atoms with E-state index < -0.39 is 35.1 Å². The maximum Gasteiger partial charge on any atom is 0.276 e. The van der Waals surface area contributed by atoms with Gasteiger partial charge in [0.15, 0.2) is 10.8 Å². The number of carboxylic acid groups (broad SMARTS) is 1. The van der Waals surface area contributed by atoms with E-state index in [9.17, 15) is 24.3 Å². The third kappa shape index (κ3) is 4.36. The summed E-state index contributed by atoms with van der Waals surface area (Å²) >= 11 is 2.47. The van der Waals surface area contributed by atoms with E-state index in [0.29, 0.717) is 27.9 Å². The van der Waals surface area contributed by atoms with Gasteiger partial charge in [-0.15, -0.1) is 23.1 Å². The minimum atomic E-state index is -1.46. The van der Waals surface area contributed by atoms with Crippen LogP contribution in [-0.2, 0) is 24.0 Å². The first-order valence-electron chi connectivity index (χ1n) is 11.5. The molecule has 5 N–H and O–H groups in total. The number of aliphatic carboxylic acids is 1. The van der Waals surface area contributed by atoms with Crippen molar-refractivity contribution in [1.82, 2.24) is 15.2 Å². The lowest BCUT2D eigenvalue weighted by molar-refractivity contribution is -0.885. The minimum Gasteiger partial charge on any atom is -0.543 e. The fourth-order valence-electron chi connectivity index (χ4n) is 5.47. The molecule has 2 saturated heterocycles. The van der Waals surface area contributed by atoms with Gasteiger partial charge in [-0.05, 0) is 0 Å². The number of nitrogens with zero attached hydrogens (tertiary/aromatic N) is 4. The standard InChI is InChI=1S/C22H25N7O6S2/c1-35-27-14(13-9-37-22(24)25-13)18(31)26-15-19(32)28-16(21(33)34)11(8-36-20(15)28)6-29-4-2-10(3-5-29)12(7-29)17(23)30/h7,9-10,15,20H,2-6,8H2,1H3,(H5-,23,24,25,26,30,31,33,34)/b27-14-/t10?,15-,20-,29?/m1/s1. The normalized spacial score (nSPS) is 28.8. The number of rotatable bonds is 8. The molecule has 2 fully saturated rings. The Balaban J connectivity index is 1.36. The lowest BCUT2D eigenvalue weighted by Crippen LogP contribution is -2.72. The number of piperidine rings is 1. The zero-order valence-electron chi connectivity index (χ0n) is 19.8. The first-order chi connectivity index (χ1) is 17.6. The van der Waals surface area contributed by atoms with Gasteiger partial charge in [-0.25, -0.2) is 4.98 Å². The number of aromatic nitrogens is 1. The highest BCUT2D eigenvalue weighted by Crippen LogP contribution is 2.43. The molecule has 2 atom stereocenters. The van der Waals surface area contributed by atoms with Gasteiger partial charge in [0.2, 0.25) is 5.91 Å². The van der Waals surface area contributed by atoms with Crippen molar-refractivity contribution in [3.8, 4) is 0 Å².